The van der Waals surface area contributed by atoms with Gasteiger partial charge in [-0.15, -0.1) is 0 Å². The molecule has 0 atom stereocenters. The molecular weight excluding hydrogens is 214 g/mol. The molecule has 2 aromatic carbocycles. The summed E-state index contributed by atoms with van der Waals surface area (Å²) in [7, 11) is 0. The van der Waals surface area contributed by atoms with Crippen molar-refractivity contribution >= 4 is 5.78 Å². The van der Waals surface area contributed by atoms with E-state index in [2.05, 4.69) is 0 Å². The van der Waals surface area contributed by atoms with Crippen LogP contribution in [0.2, 0.25) is 0 Å². The van der Waals surface area contributed by atoms with Gasteiger partial charge >= 0.3 is 0 Å². The van der Waals surface area contributed by atoms with E-state index in [-0.39, 0.29) is 0 Å². The molecule has 0 amide bonds. The molecule has 0 bridgehead atoms. The summed E-state index contributed by atoms with van der Waals surface area (Å²) in [6.45, 7) is 0. The first-order valence-corrected chi connectivity index (χ1v) is 5.07. The fourth-order valence-corrected chi connectivity index (χ4v) is 1.36. The van der Waals surface area contributed by atoms with Crippen molar-refractivity contribution in [1.82, 2.24) is 0 Å². The number of hydrogen-bond donors (Lipinski definition) is 0. The molecule has 0 saturated heterocycles. The highest BCUT2D eigenvalue weighted by atomic mass is 16.5. The molecule has 0 aliphatic rings. The Morgan fingerprint density at radius 1 is 0.941 bits per heavy atom. The normalized spacial score (nSPS) is 9.35. The van der Waals surface area contributed by atoms with Gasteiger partial charge in [0, 0.05) is 5.56 Å². The van der Waals surface area contributed by atoms with Crippen LogP contribution in [0.4, 0.5) is 0 Å². The number of benzene rings is 2. The van der Waals surface area contributed by atoms with E-state index in [9.17, 15) is 4.79 Å². The van der Waals surface area contributed by atoms with E-state index in [0.29, 0.717) is 11.3 Å². The van der Waals surface area contributed by atoms with Gasteiger partial charge in [-0.2, -0.15) is 5.26 Å². The summed E-state index contributed by atoms with van der Waals surface area (Å²) >= 11 is 0. The third kappa shape index (κ3) is 2.70. The number of rotatable bonds is 3. The van der Waals surface area contributed by atoms with Gasteiger partial charge in [-0.25, -0.2) is 0 Å². The second kappa shape index (κ2) is 4.95. The lowest BCUT2D eigenvalue weighted by Crippen LogP contribution is -1.93. The average Bonchev–Trinajstić information content (AvgIpc) is 2.40. The Bertz CT molecular complexity index is 553. The molecule has 0 aromatic heterocycles. The Morgan fingerprint density at radius 3 is 2.12 bits per heavy atom. The van der Waals surface area contributed by atoms with Crippen molar-refractivity contribution in [3.63, 3.8) is 0 Å². The van der Waals surface area contributed by atoms with Gasteiger partial charge in [-0.05, 0) is 36.4 Å². The predicted octanol–water partition coefficient (Wildman–Crippen LogP) is 3.19. The van der Waals surface area contributed by atoms with Crippen LogP contribution in [0, 0.1) is 11.3 Å². The fraction of sp³-hybridized carbons (Fsp3) is 0. The molecule has 0 saturated carbocycles. The molecule has 0 unspecified atom stereocenters. The number of hydrogen-bond acceptors (Lipinski definition) is 3. The quantitative estimate of drug-likeness (QED) is 0.593. The fourth-order valence-electron chi connectivity index (χ4n) is 1.36. The smallest absolute Gasteiger partial charge is 0.262 e. The number of ether oxygens (including phenoxy) is 1. The summed E-state index contributed by atoms with van der Waals surface area (Å²) in [6.07, 6.45) is 0. The van der Waals surface area contributed by atoms with Gasteiger partial charge in [0.25, 0.3) is 5.78 Å². The molecule has 0 aliphatic heterocycles. The number of para-hydroxylation sites is 1. The van der Waals surface area contributed by atoms with Gasteiger partial charge < -0.3 is 4.74 Å². The molecule has 3 heteroatoms. The molecule has 3 nitrogen and oxygen atoms in total. The van der Waals surface area contributed by atoms with E-state index in [1.807, 2.05) is 30.3 Å². The van der Waals surface area contributed by atoms with Crippen molar-refractivity contribution in [3.8, 4) is 17.6 Å². The van der Waals surface area contributed by atoms with Gasteiger partial charge in [0.2, 0.25) is 0 Å². The molecule has 2 aromatic rings. The summed E-state index contributed by atoms with van der Waals surface area (Å²) in [4.78, 5) is 11.1. The highest BCUT2D eigenvalue weighted by Gasteiger charge is 2.03. The van der Waals surface area contributed by atoms with Gasteiger partial charge in [0.1, 0.15) is 17.6 Å². The number of ketones is 1. The van der Waals surface area contributed by atoms with Crippen molar-refractivity contribution in [3.05, 3.63) is 60.2 Å². The third-order valence-electron chi connectivity index (χ3n) is 2.20. The molecule has 0 radical (unpaired) electrons. The van der Waals surface area contributed by atoms with Crippen LogP contribution in [-0.4, -0.2) is 5.78 Å². The first kappa shape index (κ1) is 10.9. The number of carbonyl (C=O) groups is 1. The van der Waals surface area contributed by atoms with Gasteiger partial charge in [0.05, 0.1) is 0 Å². The van der Waals surface area contributed by atoms with Crippen LogP contribution in [0.5, 0.6) is 11.5 Å². The Balaban J connectivity index is 2.15. The van der Waals surface area contributed by atoms with Crippen LogP contribution in [0.15, 0.2) is 54.6 Å². The lowest BCUT2D eigenvalue weighted by molar-refractivity contribution is 0.105. The maximum Gasteiger partial charge on any atom is 0.262 e. The molecule has 0 N–H and O–H groups in total. The van der Waals surface area contributed by atoms with E-state index in [0.717, 1.165) is 5.75 Å². The van der Waals surface area contributed by atoms with Crippen LogP contribution in [0.1, 0.15) is 10.4 Å². The standard InChI is InChI=1S/C14H9NO2/c15-10-14(16)11-6-8-13(9-7-11)17-12-4-2-1-3-5-12/h1-9H. The van der Waals surface area contributed by atoms with Gasteiger partial charge in [-0.1, -0.05) is 18.2 Å². The van der Waals surface area contributed by atoms with E-state index >= 15 is 0 Å². The maximum atomic E-state index is 11.1. The highest BCUT2D eigenvalue weighted by molar-refractivity contribution is 6.07. The molecular formula is C14H9NO2. The van der Waals surface area contributed by atoms with Crippen LogP contribution in [-0.2, 0) is 0 Å². The van der Waals surface area contributed by atoms with Crippen LogP contribution in [0.3, 0.4) is 0 Å². The molecule has 0 aliphatic carbocycles. The summed E-state index contributed by atoms with van der Waals surface area (Å²) in [5.41, 5.74) is 0.368. The van der Waals surface area contributed by atoms with Crippen molar-refractivity contribution in [2.75, 3.05) is 0 Å². The van der Waals surface area contributed by atoms with E-state index in [1.54, 1.807) is 30.3 Å². The van der Waals surface area contributed by atoms with Crippen molar-refractivity contribution in [1.29, 1.82) is 5.26 Å². The average molecular weight is 223 g/mol. The molecule has 82 valence electrons. The Morgan fingerprint density at radius 2 is 1.53 bits per heavy atom. The number of nitriles is 1. The number of nitrogens with zero attached hydrogens (tertiary/aromatic N) is 1. The monoisotopic (exact) mass is 223 g/mol. The number of Topliss-reactive ketones (excluding diaryl/α,β-unsaturated/α-hetero) is 1. The van der Waals surface area contributed by atoms with Gasteiger partial charge in [0.15, 0.2) is 0 Å². The Hall–Kier alpha value is -2.60. The summed E-state index contributed by atoms with van der Waals surface area (Å²) in [5.74, 6) is 0.814. The predicted molar refractivity (Wildman–Crippen MR) is 62.9 cm³/mol. The van der Waals surface area contributed by atoms with E-state index in [1.165, 1.54) is 0 Å². The lowest BCUT2D eigenvalue weighted by atomic mass is 10.1. The topological polar surface area (TPSA) is 50.1 Å². The van der Waals surface area contributed by atoms with Crippen molar-refractivity contribution < 1.29 is 9.53 Å². The zero-order valence-corrected chi connectivity index (χ0v) is 8.96. The largest absolute Gasteiger partial charge is 0.457 e. The van der Waals surface area contributed by atoms with E-state index < -0.39 is 5.78 Å². The maximum absolute atomic E-state index is 11.1. The molecule has 0 heterocycles. The molecule has 17 heavy (non-hydrogen) atoms. The van der Waals surface area contributed by atoms with Crippen molar-refractivity contribution in [2.24, 2.45) is 0 Å². The molecule has 0 spiro atoms. The lowest BCUT2D eigenvalue weighted by Gasteiger charge is -2.05. The second-order valence-corrected chi connectivity index (χ2v) is 3.38. The molecule has 0 fully saturated rings. The van der Waals surface area contributed by atoms with Crippen LogP contribution in [0.25, 0.3) is 0 Å². The molecule has 2 rings (SSSR count). The summed E-state index contributed by atoms with van der Waals surface area (Å²) < 4.78 is 5.55. The third-order valence-corrected chi connectivity index (χ3v) is 2.20. The zero-order chi connectivity index (χ0) is 12.1. The van der Waals surface area contributed by atoms with Crippen molar-refractivity contribution in [2.45, 2.75) is 0 Å². The SMILES string of the molecule is N#CC(=O)c1ccc(Oc2ccccc2)cc1. The minimum atomic E-state index is -0.545. The summed E-state index contributed by atoms with van der Waals surface area (Å²) in [6, 6.07) is 17.4. The van der Waals surface area contributed by atoms with Gasteiger partial charge in [-0.3, -0.25) is 4.79 Å². The summed E-state index contributed by atoms with van der Waals surface area (Å²) in [5, 5.41) is 8.46. The first-order chi connectivity index (χ1) is 8.29. The Kier molecular flexibility index (Phi) is 3.18. The highest BCUT2D eigenvalue weighted by Crippen LogP contribution is 2.21. The minimum Gasteiger partial charge on any atom is -0.457 e. The Labute approximate surface area is 98.9 Å². The first-order valence-electron chi connectivity index (χ1n) is 5.07. The van der Waals surface area contributed by atoms with Crippen LogP contribution < -0.4 is 4.74 Å². The zero-order valence-electron chi connectivity index (χ0n) is 8.96. The minimum absolute atomic E-state index is 0.368. The second-order valence-electron chi connectivity index (χ2n) is 3.38. The number of carbonyl (C=O) groups excluding carboxylic acids is 1. The van der Waals surface area contributed by atoms with E-state index in [4.69, 9.17) is 10.00 Å². The van der Waals surface area contributed by atoms with Crippen LogP contribution >= 0.6 is 0 Å².